The summed E-state index contributed by atoms with van der Waals surface area (Å²) in [5, 5.41) is 3.45. The number of thiol groups is 1. The van der Waals surface area contributed by atoms with Crippen molar-refractivity contribution in [2.45, 2.75) is 0 Å². The molecule has 0 fully saturated rings. The second-order valence-corrected chi connectivity index (χ2v) is 7.19. The highest BCUT2D eigenvalue weighted by atomic mass is 32.9. The van der Waals surface area contributed by atoms with Gasteiger partial charge in [0.25, 0.3) is 5.69 Å². The molecular weight excluding hydrogens is 229 g/mol. The first-order valence-electron chi connectivity index (χ1n) is 3.32. The first-order chi connectivity index (χ1) is 6.14. The summed E-state index contributed by atoms with van der Waals surface area (Å²) in [6.07, 6.45) is 3.02. The van der Waals surface area contributed by atoms with E-state index in [2.05, 4.69) is 28.5 Å². The lowest BCUT2D eigenvalue weighted by atomic mass is 10.7. The summed E-state index contributed by atoms with van der Waals surface area (Å²) in [6.45, 7) is 3.78. The van der Waals surface area contributed by atoms with Gasteiger partial charge in [0.1, 0.15) is 0 Å². The van der Waals surface area contributed by atoms with Crippen molar-refractivity contribution in [2.75, 3.05) is 6.61 Å². The molecule has 1 unspecified atom stereocenters. The number of nitrogens with zero attached hydrogens (tertiary/aromatic N) is 1. The van der Waals surface area contributed by atoms with Gasteiger partial charge in [0.2, 0.25) is 0 Å². The van der Waals surface area contributed by atoms with E-state index in [9.17, 15) is 0 Å². The predicted molar refractivity (Wildman–Crippen MR) is 56.6 cm³/mol. The minimum atomic E-state index is -2.57. The topological polar surface area (TPSA) is 44.5 Å². The Labute approximate surface area is 86.2 Å². The molecule has 0 spiro atoms. The molecule has 0 saturated carbocycles. The Kier molecular flexibility index (Phi) is 3.99. The highest BCUT2D eigenvalue weighted by molar-refractivity contribution is 8.60. The molecule has 0 aliphatic rings. The fourth-order valence-electron chi connectivity index (χ4n) is 0.538. The average molecular weight is 237 g/mol. The first-order valence-corrected chi connectivity index (χ1v) is 7.11. The van der Waals surface area contributed by atoms with Crippen molar-refractivity contribution in [1.82, 2.24) is 5.16 Å². The van der Waals surface area contributed by atoms with Gasteiger partial charge in [0, 0.05) is 6.07 Å². The van der Waals surface area contributed by atoms with Crippen molar-refractivity contribution in [3.63, 3.8) is 0 Å². The van der Waals surface area contributed by atoms with Gasteiger partial charge in [-0.3, -0.25) is 0 Å². The molecule has 7 heteroatoms. The van der Waals surface area contributed by atoms with E-state index in [1.807, 2.05) is 0 Å². The van der Waals surface area contributed by atoms with Crippen molar-refractivity contribution in [3.05, 3.63) is 24.9 Å². The zero-order valence-electron chi connectivity index (χ0n) is 6.62. The number of rotatable bonds is 5. The van der Waals surface area contributed by atoms with Crippen LogP contribution in [-0.4, -0.2) is 11.8 Å². The Bertz CT molecular complexity index is 314. The molecule has 1 heterocycles. The van der Waals surface area contributed by atoms with Gasteiger partial charge < -0.3 is 13.6 Å². The molecular formula is C6H8NO3PS2. The molecule has 0 aliphatic heterocycles. The van der Waals surface area contributed by atoms with E-state index in [4.69, 9.17) is 20.9 Å². The standard InChI is InChI=1S/C6H8NO3PS2/c1-2-5-8-11(12,13)10-6-3-4-7-9-6/h2-4H,1,5H2,(H,12,13). The van der Waals surface area contributed by atoms with Gasteiger partial charge >= 0.3 is 5.95 Å². The van der Waals surface area contributed by atoms with Crippen LogP contribution in [0.25, 0.3) is 0 Å². The van der Waals surface area contributed by atoms with Gasteiger partial charge in [0.15, 0.2) is 0 Å². The van der Waals surface area contributed by atoms with Crippen LogP contribution in [0.4, 0.5) is 0 Å². The lowest BCUT2D eigenvalue weighted by Crippen LogP contribution is -1.91. The third-order valence-corrected chi connectivity index (χ3v) is 2.99. The van der Waals surface area contributed by atoms with Crippen molar-refractivity contribution >= 4 is 29.7 Å². The van der Waals surface area contributed by atoms with Gasteiger partial charge in [-0.2, -0.15) is 0 Å². The molecule has 0 saturated heterocycles. The third-order valence-electron chi connectivity index (χ3n) is 0.975. The maximum absolute atomic E-state index is 5.13. The number of aromatic nitrogens is 1. The van der Waals surface area contributed by atoms with Crippen LogP contribution in [0.5, 0.6) is 5.95 Å². The summed E-state index contributed by atoms with van der Waals surface area (Å²) in [6, 6.07) is 1.54. The molecule has 1 aromatic rings. The van der Waals surface area contributed by atoms with Crippen LogP contribution in [0.2, 0.25) is 0 Å². The van der Waals surface area contributed by atoms with Crippen molar-refractivity contribution in [3.8, 4) is 5.95 Å². The van der Waals surface area contributed by atoms with Crippen molar-refractivity contribution in [2.24, 2.45) is 0 Å². The van der Waals surface area contributed by atoms with Crippen LogP contribution in [0.3, 0.4) is 0 Å². The Morgan fingerprint density at radius 3 is 3.15 bits per heavy atom. The maximum atomic E-state index is 5.13. The van der Waals surface area contributed by atoms with Gasteiger partial charge in [-0.05, 0) is 11.8 Å². The molecule has 13 heavy (non-hydrogen) atoms. The summed E-state index contributed by atoms with van der Waals surface area (Å²) in [7, 11) is 0. The van der Waals surface area contributed by atoms with Crippen LogP contribution in [0.1, 0.15) is 0 Å². The molecule has 0 aliphatic carbocycles. The summed E-state index contributed by atoms with van der Waals surface area (Å²) >= 11 is 9.01. The number of hydrogen-bond donors (Lipinski definition) is 1. The van der Waals surface area contributed by atoms with Crippen LogP contribution in [-0.2, 0) is 16.3 Å². The Morgan fingerprint density at radius 2 is 2.62 bits per heavy atom. The largest absolute Gasteiger partial charge is 0.402 e. The molecule has 0 aromatic carbocycles. The lowest BCUT2D eigenvalue weighted by molar-refractivity contribution is 0.297. The van der Waals surface area contributed by atoms with Gasteiger partial charge in [-0.15, -0.1) is 6.58 Å². The summed E-state index contributed by atoms with van der Waals surface area (Å²) in [5.74, 6) is 0.211. The molecule has 0 N–H and O–H groups in total. The van der Waals surface area contributed by atoms with E-state index >= 15 is 0 Å². The van der Waals surface area contributed by atoms with Crippen molar-refractivity contribution < 1.29 is 13.6 Å². The van der Waals surface area contributed by atoms with Crippen molar-refractivity contribution in [1.29, 1.82) is 0 Å². The SMILES string of the molecule is C=CCOP(=S)(S)Oc1ccno1. The minimum absolute atomic E-state index is 0.211. The summed E-state index contributed by atoms with van der Waals surface area (Å²) in [5.41, 5.74) is -2.57. The molecule has 1 aromatic heterocycles. The fourth-order valence-corrected chi connectivity index (χ4v) is 2.05. The van der Waals surface area contributed by atoms with Crippen LogP contribution >= 0.6 is 17.9 Å². The fraction of sp³-hybridized carbons (Fsp3) is 0.167. The summed E-state index contributed by atoms with van der Waals surface area (Å²) in [4.78, 5) is 0. The molecule has 0 amide bonds. The molecule has 4 nitrogen and oxygen atoms in total. The third kappa shape index (κ3) is 3.95. The van der Waals surface area contributed by atoms with E-state index in [0.717, 1.165) is 0 Å². The second-order valence-electron chi connectivity index (χ2n) is 1.98. The Balaban J connectivity index is 2.52. The molecule has 1 atom stereocenters. The normalized spacial score (nSPS) is 14.8. The maximum Gasteiger partial charge on any atom is 0.316 e. The van der Waals surface area contributed by atoms with E-state index in [0.29, 0.717) is 6.61 Å². The molecule has 1 rings (SSSR count). The zero-order chi connectivity index (χ0) is 9.73. The van der Waals surface area contributed by atoms with Crippen LogP contribution in [0.15, 0.2) is 29.4 Å². The van der Waals surface area contributed by atoms with E-state index < -0.39 is 5.69 Å². The second kappa shape index (κ2) is 4.81. The number of hydrogen-bond acceptors (Lipinski definition) is 5. The smallest absolute Gasteiger partial charge is 0.316 e. The van der Waals surface area contributed by atoms with E-state index in [-0.39, 0.29) is 5.95 Å². The highest BCUT2D eigenvalue weighted by Crippen LogP contribution is 2.52. The molecule has 0 radical (unpaired) electrons. The van der Waals surface area contributed by atoms with E-state index in [1.165, 1.54) is 12.3 Å². The van der Waals surface area contributed by atoms with Crippen LogP contribution in [0, 0.1) is 0 Å². The first kappa shape index (κ1) is 10.8. The predicted octanol–water partition coefficient (Wildman–Crippen LogP) is 2.41. The monoisotopic (exact) mass is 237 g/mol. The molecule has 72 valence electrons. The minimum Gasteiger partial charge on any atom is -0.402 e. The van der Waals surface area contributed by atoms with E-state index in [1.54, 1.807) is 6.08 Å². The lowest BCUT2D eigenvalue weighted by Gasteiger charge is -2.13. The molecule has 0 bridgehead atoms. The summed E-state index contributed by atoms with van der Waals surface area (Å²) < 4.78 is 14.9. The average Bonchev–Trinajstić information content (AvgIpc) is 2.52. The highest BCUT2D eigenvalue weighted by Gasteiger charge is 2.15. The Hall–Kier alpha value is -0.290. The van der Waals surface area contributed by atoms with Gasteiger partial charge in [-0.25, -0.2) is 0 Å². The van der Waals surface area contributed by atoms with Crippen LogP contribution < -0.4 is 4.52 Å². The van der Waals surface area contributed by atoms with Gasteiger partial charge in [-0.1, -0.05) is 23.5 Å². The quantitative estimate of drug-likeness (QED) is 0.484. The Morgan fingerprint density at radius 1 is 1.85 bits per heavy atom. The zero-order valence-corrected chi connectivity index (χ0v) is 9.23. The van der Waals surface area contributed by atoms with Gasteiger partial charge in [0.05, 0.1) is 12.8 Å².